The molecule has 1 N–H and O–H groups in total. The molecule has 0 spiro atoms. The third kappa shape index (κ3) is 1.81. The second kappa shape index (κ2) is 3.01. The summed E-state index contributed by atoms with van der Waals surface area (Å²) in [7, 11) is 0. The molecule has 6 heteroatoms. The summed E-state index contributed by atoms with van der Waals surface area (Å²) in [4.78, 5) is 24.1. The molecular formula is C7H7ClN2O3. The van der Waals surface area contributed by atoms with Gasteiger partial charge in [0.2, 0.25) is 0 Å². The molecule has 13 heavy (non-hydrogen) atoms. The van der Waals surface area contributed by atoms with Gasteiger partial charge in [0.25, 0.3) is 5.56 Å². The number of aromatic nitrogens is 2. The standard InChI is InChI=1S/C7H7ClN2O3/c8-5-2-10(1-4-3-13-4)7(12)9-6(5)11/h2,4H,1,3H2,(H,9,11,12)/t4-/m1/s1. The van der Waals surface area contributed by atoms with Gasteiger partial charge in [-0.3, -0.25) is 14.3 Å². The smallest absolute Gasteiger partial charge is 0.328 e. The number of epoxide rings is 1. The van der Waals surface area contributed by atoms with Gasteiger partial charge < -0.3 is 4.74 Å². The van der Waals surface area contributed by atoms with Crippen LogP contribution >= 0.6 is 11.6 Å². The summed E-state index contributed by atoms with van der Waals surface area (Å²) in [6.07, 6.45) is 1.41. The molecule has 1 fully saturated rings. The molecule has 0 aliphatic carbocycles. The quantitative estimate of drug-likeness (QED) is 0.663. The maximum atomic E-state index is 11.1. The SMILES string of the molecule is O=c1[nH]c(=O)n(C[C@@H]2CO2)cc1Cl. The number of nitrogens with zero attached hydrogens (tertiary/aromatic N) is 1. The van der Waals surface area contributed by atoms with Gasteiger partial charge in [0.1, 0.15) is 5.02 Å². The summed E-state index contributed by atoms with van der Waals surface area (Å²) < 4.78 is 6.28. The fourth-order valence-corrected chi connectivity index (χ4v) is 1.18. The zero-order valence-corrected chi connectivity index (χ0v) is 7.37. The van der Waals surface area contributed by atoms with Crippen molar-refractivity contribution in [2.24, 2.45) is 0 Å². The van der Waals surface area contributed by atoms with E-state index in [1.54, 1.807) is 0 Å². The zero-order valence-electron chi connectivity index (χ0n) is 6.62. The number of hydrogen-bond acceptors (Lipinski definition) is 3. The lowest BCUT2D eigenvalue weighted by Crippen LogP contribution is -2.30. The minimum atomic E-state index is -0.556. The molecule has 1 aromatic rings. The van der Waals surface area contributed by atoms with Crippen LogP contribution in [0, 0.1) is 0 Å². The van der Waals surface area contributed by atoms with E-state index in [1.165, 1.54) is 10.8 Å². The highest BCUT2D eigenvalue weighted by atomic mass is 35.5. The number of ether oxygens (including phenoxy) is 1. The lowest BCUT2D eigenvalue weighted by molar-refractivity contribution is 0.378. The third-order valence-electron chi connectivity index (χ3n) is 1.77. The number of halogens is 1. The van der Waals surface area contributed by atoms with E-state index in [4.69, 9.17) is 16.3 Å². The minimum absolute atomic E-state index is 0.0141. The molecule has 0 amide bonds. The van der Waals surface area contributed by atoms with Crippen molar-refractivity contribution in [2.75, 3.05) is 6.61 Å². The van der Waals surface area contributed by atoms with Crippen LogP contribution in [0.4, 0.5) is 0 Å². The van der Waals surface area contributed by atoms with Gasteiger partial charge in [-0.15, -0.1) is 0 Å². The molecule has 1 aromatic heterocycles. The molecule has 5 nitrogen and oxygen atoms in total. The first-order chi connectivity index (χ1) is 6.16. The Labute approximate surface area is 77.9 Å². The fraction of sp³-hybridized carbons (Fsp3) is 0.429. The zero-order chi connectivity index (χ0) is 9.42. The Morgan fingerprint density at radius 3 is 3.00 bits per heavy atom. The first-order valence-corrected chi connectivity index (χ1v) is 4.15. The van der Waals surface area contributed by atoms with Crippen LogP contribution in [0.2, 0.25) is 5.02 Å². The van der Waals surface area contributed by atoms with Crippen LogP contribution in [0.1, 0.15) is 0 Å². The normalized spacial score (nSPS) is 20.2. The summed E-state index contributed by atoms with van der Waals surface area (Å²) in [5, 5.41) is 0.0141. The van der Waals surface area contributed by atoms with Crippen molar-refractivity contribution in [3.63, 3.8) is 0 Å². The van der Waals surface area contributed by atoms with Gasteiger partial charge in [-0.2, -0.15) is 0 Å². The second-order valence-corrected chi connectivity index (χ2v) is 3.25. The average Bonchev–Trinajstić information content (AvgIpc) is 2.84. The van der Waals surface area contributed by atoms with Crippen LogP contribution in [0.3, 0.4) is 0 Å². The number of aromatic amines is 1. The van der Waals surface area contributed by atoms with E-state index in [2.05, 4.69) is 4.98 Å². The molecule has 0 radical (unpaired) electrons. The van der Waals surface area contributed by atoms with Gasteiger partial charge in [-0.25, -0.2) is 4.79 Å². The molecule has 2 heterocycles. The molecule has 2 rings (SSSR count). The van der Waals surface area contributed by atoms with Crippen molar-refractivity contribution in [1.29, 1.82) is 0 Å². The van der Waals surface area contributed by atoms with Crippen molar-refractivity contribution in [3.05, 3.63) is 32.1 Å². The van der Waals surface area contributed by atoms with Gasteiger partial charge in [-0.1, -0.05) is 11.6 Å². The number of hydrogen-bond donors (Lipinski definition) is 1. The molecule has 1 aliphatic rings. The lowest BCUT2D eigenvalue weighted by Gasteiger charge is -2.01. The fourth-order valence-electron chi connectivity index (χ4n) is 1.01. The minimum Gasteiger partial charge on any atom is -0.371 e. The van der Waals surface area contributed by atoms with Crippen LogP contribution in [0.5, 0.6) is 0 Å². The maximum absolute atomic E-state index is 11.1. The van der Waals surface area contributed by atoms with Crippen LogP contribution in [-0.2, 0) is 11.3 Å². The van der Waals surface area contributed by atoms with Crippen molar-refractivity contribution in [1.82, 2.24) is 9.55 Å². The summed E-state index contributed by atoms with van der Waals surface area (Å²) in [5.41, 5.74) is -1.01. The van der Waals surface area contributed by atoms with E-state index < -0.39 is 11.2 Å². The third-order valence-corrected chi connectivity index (χ3v) is 2.04. The molecule has 1 atom stereocenters. The Balaban J connectivity index is 2.38. The Bertz CT molecular complexity index is 432. The second-order valence-electron chi connectivity index (χ2n) is 2.84. The Kier molecular flexibility index (Phi) is 1.97. The van der Waals surface area contributed by atoms with Crippen molar-refractivity contribution in [2.45, 2.75) is 12.6 Å². The molecule has 0 unspecified atom stereocenters. The van der Waals surface area contributed by atoms with E-state index in [1.807, 2.05) is 0 Å². The van der Waals surface area contributed by atoms with E-state index in [-0.39, 0.29) is 11.1 Å². The molecule has 0 saturated carbocycles. The summed E-state index contributed by atoms with van der Waals surface area (Å²) >= 11 is 5.55. The van der Waals surface area contributed by atoms with Crippen molar-refractivity contribution < 1.29 is 4.74 Å². The molecular weight excluding hydrogens is 196 g/mol. The van der Waals surface area contributed by atoms with Crippen molar-refractivity contribution >= 4 is 11.6 Å². The largest absolute Gasteiger partial charge is 0.371 e. The van der Waals surface area contributed by atoms with E-state index >= 15 is 0 Å². The number of nitrogens with one attached hydrogen (secondary N) is 1. The molecule has 0 bridgehead atoms. The summed E-state index contributed by atoms with van der Waals surface area (Å²) in [5.74, 6) is 0. The van der Waals surface area contributed by atoms with Gasteiger partial charge in [0.05, 0.1) is 19.3 Å². The van der Waals surface area contributed by atoms with Gasteiger partial charge in [0.15, 0.2) is 0 Å². The van der Waals surface area contributed by atoms with Crippen LogP contribution in [0.25, 0.3) is 0 Å². The van der Waals surface area contributed by atoms with E-state index in [9.17, 15) is 9.59 Å². The monoisotopic (exact) mass is 202 g/mol. The molecule has 1 aliphatic heterocycles. The van der Waals surface area contributed by atoms with E-state index in [0.717, 1.165) is 0 Å². The highest BCUT2D eigenvalue weighted by molar-refractivity contribution is 6.30. The van der Waals surface area contributed by atoms with Crippen LogP contribution in [-0.4, -0.2) is 22.3 Å². The van der Waals surface area contributed by atoms with E-state index in [0.29, 0.717) is 13.2 Å². The molecule has 1 saturated heterocycles. The first-order valence-electron chi connectivity index (χ1n) is 3.77. The topological polar surface area (TPSA) is 67.4 Å². The highest BCUT2D eigenvalue weighted by Crippen LogP contribution is 2.10. The predicted octanol–water partition coefficient (Wildman–Crippen LogP) is -0.411. The Morgan fingerprint density at radius 1 is 1.69 bits per heavy atom. The molecule has 70 valence electrons. The lowest BCUT2D eigenvalue weighted by atomic mass is 10.4. The Hall–Kier alpha value is -1.07. The van der Waals surface area contributed by atoms with Crippen LogP contribution < -0.4 is 11.2 Å². The predicted molar refractivity (Wildman–Crippen MR) is 46.1 cm³/mol. The van der Waals surface area contributed by atoms with Crippen molar-refractivity contribution in [3.8, 4) is 0 Å². The summed E-state index contributed by atoms with van der Waals surface area (Å²) in [6.45, 7) is 1.10. The van der Waals surface area contributed by atoms with Gasteiger partial charge >= 0.3 is 5.69 Å². The molecule has 0 aromatic carbocycles. The van der Waals surface area contributed by atoms with Gasteiger partial charge in [-0.05, 0) is 0 Å². The number of H-pyrrole nitrogens is 1. The highest BCUT2D eigenvalue weighted by Gasteiger charge is 2.23. The summed E-state index contributed by atoms with van der Waals surface area (Å²) in [6, 6.07) is 0. The van der Waals surface area contributed by atoms with Crippen LogP contribution in [0.15, 0.2) is 15.8 Å². The number of rotatable bonds is 2. The Morgan fingerprint density at radius 2 is 2.38 bits per heavy atom. The average molecular weight is 203 g/mol. The maximum Gasteiger partial charge on any atom is 0.328 e. The first kappa shape index (κ1) is 8.52. The van der Waals surface area contributed by atoms with Gasteiger partial charge in [0, 0.05) is 6.20 Å².